The zero-order valence-corrected chi connectivity index (χ0v) is 16.7. The van der Waals surface area contributed by atoms with Gasteiger partial charge in [-0.25, -0.2) is 5.43 Å². The summed E-state index contributed by atoms with van der Waals surface area (Å²) in [4.78, 5) is 24.3. The van der Waals surface area contributed by atoms with Crippen molar-refractivity contribution in [2.45, 2.75) is 0 Å². The first kappa shape index (κ1) is 19.6. The van der Waals surface area contributed by atoms with Gasteiger partial charge in [0.05, 0.1) is 23.3 Å². The molecule has 0 unspecified atom stereocenters. The molecule has 4 rings (SSSR count). The molecule has 148 valence electrons. The fourth-order valence-electron chi connectivity index (χ4n) is 3.30. The van der Waals surface area contributed by atoms with Gasteiger partial charge in [-0.15, -0.1) is 0 Å². The number of halogens is 1. The van der Waals surface area contributed by atoms with E-state index in [1.165, 1.54) is 0 Å². The molecule has 5 nitrogen and oxygen atoms in total. The summed E-state index contributed by atoms with van der Waals surface area (Å²) in [5.41, 5.74) is 3.70. The highest BCUT2D eigenvalue weighted by molar-refractivity contribution is 6.33. The molecule has 30 heavy (non-hydrogen) atoms. The van der Waals surface area contributed by atoms with E-state index < -0.39 is 11.8 Å². The SMILES string of the molecule is O=C(CNC(=O)c1ccccc1Cl)N/N=C\c1c2ccccc2cc2ccccc12. The molecule has 0 aliphatic heterocycles. The average Bonchev–Trinajstić information content (AvgIpc) is 2.77. The number of carbonyl (C=O) groups excluding carboxylic acids is 2. The van der Waals surface area contributed by atoms with Crippen LogP contribution in [0.5, 0.6) is 0 Å². The van der Waals surface area contributed by atoms with Gasteiger partial charge in [0.25, 0.3) is 11.8 Å². The summed E-state index contributed by atoms with van der Waals surface area (Å²) in [7, 11) is 0. The van der Waals surface area contributed by atoms with Crippen LogP contribution >= 0.6 is 11.6 Å². The molecule has 0 radical (unpaired) electrons. The van der Waals surface area contributed by atoms with E-state index in [1.54, 1.807) is 30.5 Å². The molecule has 4 aromatic rings. The Morgan fingerprint density at radius 3 is 2.13 bits per heavy atom. The Labute approximate surface area is 178 Å². The average molecular weight is 416 g/mol. The number of rotatable bonds is 5. The monoisotopic (exact) mass is 415 g/mol. The van der Waals surface area contributed by atoms with Crippen LogP contribution in [0.1, 0.15) is 15.9 Å². The summed E-state index contributed by atoms with van der Waals surface area (Å²) >= 11 is 6.00. The summed E-state index contributed by atoms with van der Waals surface area (Å²) in [6.45, 7) is -0.211. The lowest BCUT2D eigenvalue weighted by Gasteiger charge is -2.08. The van der Waals surface area contributed by atoms with Gasteiger partial charge in [0.15, 0.2) is 0 Å². The second kappa shape index (κ2) is 8.76. The standard InChI is InChI=1S/C24H18ClN3O2/c25-22-12-6-5-11-20(22)24(30)26-15-23(29)28-27-14-21-18-9-3-1-7-16(18)13-17-8-2-4-10-19(17)21/h1-14H,15H2,(H,26,30)(H,28,29)/b27-14-. The molecule has 0 aliphatic carbocycles. The van der Waals surface area contributed by atoms with E-state index in [9.17, 15) is 9.59 Å². The minimum absolute atomic E-state index is 0.211. The van der Waals surface area contributed by atoms with E-state index in [2.05, 4.69) is 21.9 Å². The molecule has 0 bridgehead atoms. The summed E-state index contributed by atoms with van der Waals surface area (Å²) in [5.74, 6) is -0.851. The van der Waals surface area contributed by atoms with Crippen molar-refractivity contribution in [3.63, 3.8) is 0 Å². The zero-order valence-electron chi connectivity index (χ0n) is 15.9. The molecular weight excluding hydrogens is 398 g/mol. The number of carbonyl (C=O) groups is 2. The topological polar surface area (TPSA) is 70.6 Å². The summed E-state index contributed by atoms with van der Waals surface area (Å²) in [6.07, 6.45) is 1.64. The second-order valence-corrected chi connectivity index (χ2v) is 7.10. The highest BCUT2D eigenvalue weighted by atomic mass is 35.5. The molecule has 4 aromatic carbocycles. The van der Waals surface area contributed by atoms with Crippen LogP contribution in [0.2, 0.25) is 5.02 Å². The third kappa shape index (κ3) is 4.16. The Morgan fingerprint density at radius 2 is 1.47 bits per heavy atom. The normalized spacial score (nSPS) is 11.1. The van der Waals surface area contributed by atoms with Crippen LogP contribution in [-0.4, -0.2) is 24.6 Å². The zero-order chi connectivity index (χ0) is 20.9. The molecule has 0 heterocycles. The first-order chi connectivity index (χ1) is 14.6. The molecule has 0 fully saturated rings. The Bertz CT molecular complexity index is 1230. The van der Waals surface area contributed by atoms with Crippen LogP contribution in [-0.2, 0) is 4.79 Å². The third-order valence-electron chi connectivity index (χ3n) is 4.72. The van der Waals surface area contributed by atoms with Crippen molar-refractivity contribution in [3.8, 4) is 0 Å². The van der Waals surface area contributed by atoms with E-state index >= 15 is 0 Å². The van der Waals surface area contributed by atoms with E-state index in [4.69, 9.17) is 11.6 Å². The Morgan fingerprint density at radius 1 is 0.867 bits per heavy atom. The number of hydrazone groups is 1. The minimum Gasteiger partial charge on any atom is -0.343 e. The molecule has 2 N–H and O–H groups in total. The fourth-order valence-corrected chi connectivity index (χ4v) is 3.52. The maximum atomic E-state index is 12.1. The van der Waals surface area contributed by atoms with Crippen molar-refractivity contribution >= 4 is 51.2 Å². The fraction of sp³-hybridized carbons (Fsp3) is 0.0417. The largest absolute Gasteiger partial charge is 0.343 e. The van der Waals surface area contributed by atoms with E-state index in [-0.39, 0.29) is 6.54 Å². The van der Waals surface area contributed by atoms with Crippen LogP contribution in [0.3, 0.4) is 0 Å². The van der Waals surface area contributed by atoms with Gasteiger partial charge < -0.3 is 5.32 Å². The van der Waals surface area contributed by atoms with E-state index in [1.807, 2.05) is 48.5 Å². The van der Waals surface area contributed by atoms with Gasteiger partial charge in [0.2, 0.25) is 0 Å². The predicted octanol–water partition coefficient (Wildman–Crippen LogP) is 4.53. The summed E-state index contributed by atoms with van der Waals surface area (Å²) in [6, 6.07) is 24.8. The molecule has 0 saturated carbocycles. The quantitative estimate of drug-likeness (QED) is 0.285. The minimum atomic E-state index is -0.434. The molecule has 0 aliphatic rings. The van der Waals surface area contributed by atoms with Gasteiger partial charge in [0.1, 0.15) is 0 Å². The molecule has 0 spiro atoms. The van der Waals surface area contributed by atoms with Crippen LogP contribution in [0.25, 0.3) is 21.5 Å². The third-order valence-corrected chi connectivity index (χ3v) is 5.05. The molecular formula is C24H18ClN3O2. The number of benzene rings is 4. The van der Waals surface area contributed by atoms with Gasteiger partial charge in [-0.2, -0.15) is 5.10 Å². The van der Waals surface area contributed by atoms with Crippen LogP contribution in [0.15, 0.2) is 84.0 Å². The first-order valence-corrected chi connectivity index (χ1v) is 9.76. The maximum absolute atomic E-state index is 12.1. The highest BCUT2D eigenvalue weighted by Crippen LogP contribution is 2.27. The van der Waals surface area contributed by atoms with Crippen molar-refractivity contribution in [2.24, 2.45) is 5.10 Å². The van der Waals surface area contributed by atoms with Crippen molar-refractivity contribution in [1.29, 1.82) is 0 Å². The number of amides is 2. The van der Waals surface area contributed by atoms with Gasteiger partial charge in [-0.3, -0.25) is 9.59 Å². The van der Waals surface area contributed by atoms with Gasteiger partial charge >= 0.3 is 0 Å². The van der Waals surface area contributed by atoms with Crippen LogP contribution in [0, 0.1) is 0 Å². The van der Waals surface area contributed by atoms with Gasteiger partial charge in [0, 0.05) is 5.56 Å². The second-order valence-electron chi connectivity index (χ2n) is 6.69. The van der Waals surface area contributed by atoms with Crippen molar-refractivity contribution in [1.82, 2.24) is 10.7 Å². The predicted molar refractivity (Wildman–Crippen MR) is 121 cm³/mol. The lowest BCUT2D eigenvalue weighted by molar-refractivity contribution is -0.120. The Kier molecular flexibility index (Phi) is 5.72. The number of nitrogens with zero attached hydrogens (tertiary/aromatic N) is 1. The number of nitrogens with one attached hydrogen (secondary N) is 2. The van der Waals surface area contributed by atoms with E-state index in [0.29, 0.717) is 10.6 Å². The van der Waals surface area contributed by atoms with Crippen LogP contribution < -0.4 is 10.7 Å². The Hall–Kier alpha value is -3.70. The molecule has 0 aromatic heterocycles. The van der Waals surface area contributed by atoms with Gasteiger partial charge in [-0.1, -0.05) is 72.3 Å². The smallest absolute Gasteiger partial charge is 0.259 e. The summed E-state index contributed by atoms with van der Waals surface area (Å²) in [5, 5.41) is 11.2. The van der Waals surface area contributed by atoms with Gasteiger partial charge in [-0.05, 0) is 39.7 Å². The van der Waals surface area contributed by atoms with Crippen molar-refractivity contribution < 1.29 is 9.59 Å². The first-order valence-electron chi connectivity index (χ1n) is 9.38. The summed E-state index contributed by atoms with van der Waals surface area (Å²) < 4.78 is 0. The molecule has 6 heteroatoms. The lowest BCUT2D eigenvalue weighted by Crippen LogP contribution is -2.35. The number of hydrogen-bond acceptors (Lipinski definition) is 3. The lowest BCUT2D eigenvalue weighted by atomic mass is 9.97. The Balaban J connectivity index is 1.48. The molecule has 0 saturated heterocycles. The van der Waals surface area contributed by atoms with Crippen molar-refractivity contribution in [3.05, 3.63) is 95.0 Å². The number of hydrogen-bond donors (Lipinski definition) is 2. The van der Waals surface area contributed by atoms with Crippen molar-refractivity contribution in [2.75, 3.05) is 6.54 Å². The molecule has 0 atom stereocenters. The van der Waals surface area contributed by atoms with Crippen LogP contribution in [0.4, 0.5) is 0 Å². The highest BCUT2D eigenvalue weighted by Gasteiger charge is 2.11. The molecule has 2 amide bonds. The number of fused-ring (bicyclic) bond motifs is 2. The van der Waals surface area contributed by atoms with E-state index in [0.717, 1.165) is 27.1 Å². The maximum Gasteiger partial charge on any atom is 0.259 e.